The van der Waals surface area contributed by atoms with E-state index in [1.54, 1.807) is 0 Å². The van der Waals surface area contributed by atoms with Crippen LogP contribution >= 0.6 is 0 Å². The molecule has 1 aliphatic heterocycles. The minimum Gasteiger partial charge on any atom is -0.369 e. The standard InChI is InChI=1S/C22H28N4/c1-18(17-24-22-11-4-5-12-23-22)25-13-15-26(16-14-25)21-10-6-8-19-7-2-3-9-20(19)21/h2,4-8,10-12,18H,3,9,13-17H2,1H3,(H,23,24). The molecule has 1 fully saturated rings. The van der Waals surface area contributed by atoms with Crippen LogP contribution in [0.5, 0.6) is 0 Å². The van der Waals surface area contributed by atoms with E-state index in [-0.39, 0.29) is 0 Å². The van der Waals surface area contributed by atoms with Crippen LogP contribution in [0, 0.1) is 0 Å². The summed E-state index contributed by atoms with van der Waals surface area (Å²) in [6.45, 7) is 7.68. The fourth-order valence-corrected chi connectivity index (χ4v) is 4.01. The van der Waals surface area contributed by atoms with Gasteiger partial charge in [-0.15, -0.1) is 0 Å². The summed E-state index contributed by atoms with van der Waals surface area (Å²) < 4.78 is 0. The van der Waals surface area contributed by atoms with Gasteiger partial charge in [0.2, 0.25) is 0 Å². The minimum atomic E-state index is 0.506. The fourth-order valence-electron chi connectivity index (χ4n) is 4.01. The SMILES string of the molecule is CC(CNc1ccccn1)N1CCN(c2cccc3c2CCC=C3)CC1. The number of piperazine rings is 1. The van der Waals surface area contributed by atoms with E-state index < -0.39 is 0 Å². The molecule has 136 valence electrons. The summed E-state index contributed by atoms with van der Waals surface area (Å²) in [5.74, 6) is 0.960. The van der Waals surface area contributed by atoms with Crippen LogP contribution < -0.4 is 10.2 Å². The molecule has 2 heterocycles. The van der Waals surface area contributed by atoms with E-state index >= 15 is 0 Å². The van der Waals surface area contributed by atoms with Crippen LogP contribution in [0.4, 0.5) is 11.5 Å². The molecule has 0 radical (unpaired) electrons. The lowest BCUT2D eigenvalue weighted by Gasteiger charge is -2.40. The minimum absolute atomic E-state index is 0.506. The highest BCUT2D eigenvalue weighted by Gasteiger charge is 2.23. The van der Waals surface area contributed by atoms with E-state index in [0.717, 1.165) is 38.5 Å². The molecule has 1 aromatic carbocycles. The van der Waals surface area contributed by atoms with Crippen molar-refractivity contribution in [3.8, 4) is 0 Å². The predicted molar refractivity (Wildman–Crippen MR) is 110 cm³/mol. The van der Waals surface area contributed by atoms with Crippen molar-refractivity contribution in [2.75, 3.05) is 42.9 Å². The molecule has 2 aliphatic rings. The summed E-state index contributed by atoms with van der Waals surface area (Å²) in [7, 11) is 0. The summed E-state index contributed by atoms with van der Waals surface area (Å²) in [6.07, 6.45) is 8.75. The summed E-state index contributed by atoms with van der Waals surface area (Å²) >= 11 is 0. The van der Waals surface area contributed by atoms with Crippen molar-refractivity contribution in [2.24, 2.45) is 0 Å². The number of aromatic nitrogens is 1. The highest BCUT2D eigenvalue weighted by Crippen LogP contribution is 2.30. The second kappa shape index (κ2) is 7.92. The number of fused-ring (bicyclic) bond motifs is 1. The maximum absolute atomic E-state index is 4.35. The zero-order valence-corrected chi connectivity index (χ0v) is 15.6. The predicted octanol–water partition coefficient (Wildman–Crippen LogP) is 3.66. The summed E-state index contributed by atoms with van der Waals surface area (Å²) in [4.78, 5) is 9.51. The number of nitrogens with zero attached hydrogens (tertiary/aromatic N) is 3. The van der Waals surface area contributed by atoms with Crippen molar-refractivity contribution in [1.29, 1.82) is 0 Å². The van der Waals surface area contributed by atoms with Crippen molar-refractivity contribution in [2.45, 2.75) is 25.8 Å². The molecule has 1 aliphatic carbocycles. The normalized spacial score (nSPS) is 18.4. The highest BCUT2D eigenvalue weighted by atomic mass is 15.3. The van der Waals surface area contributed by atoms with Gasteiger partial charge < -0.3 is 10.2 Å². The van der Waals surface area contributed by atoms with Crippen LogP contribution in [0.2, 0.25) is 0 Å². The number of pyridine rings is 1. The van der Waals surface area contributed by atoms with Crippen molar-refractivity contribution in [1.82, 2.24) is 9.88 Å². The lowest BCUT2D eigenvalue weighted by molar-refractivity contribution is 0.204. The first-order valence-corrected chi connectivity index (χ1v) is 9.73. The van der Waals surface area contributed by atoms with Crippen molar-refractivity contribution in [3.05, 3.63) is 59.8 Å². The first-order chi connectivity index (χ1) is 12.8. The number of benzene rings is 1. The maximum atomic E-state index is 4.35. The quantitative estimate of drug-likeness (QED) is 0.893. The van der Waals surface area contributed by atoms with Crippen LogP contribution in [0.3, 0.4) is 0 Å². The van der Waals surface area contributed by atoms with E-state index in [4.69, 9.17) is 0 Å². The fraction of sp³-hybridized carbons (Fsp3) is 0.409. The van der Waals surface area contributed by atoms with Crippen LogP contribution in [-0.4, -0.2) is 48.6 Å². The molecular formula is C22H28N4. The Morgan fingerprint density at radius 1 is 1.08 bits per heavy atom. The van der Waals surface area contributed by atoms with Crippen LogP contribution in [-0.2, 0) is 6.42 Å². The Hall–Kier alpha value is -2.33. The van der Waals surface area contributed by atoms with Gasteiger partial charge in [0.25, 0.3) is 0 Å². The highest BCUT2D eigenvalue weighted by molar-refractivity contribution is 5.67. The molecule has 4 nitrogen and oxygen atoms in total. The number of hydrogen-bond acceptors (Lipinski definition) is 4. The molecule has 1 atom stereocenters. The Morgan fingerprint density at radius 2 is 1.96 bits per heavy atom. The first kappa shape index (κ1) is 17.1. The first-order valence-electron chi connectivity index (χ1n) is 9.73. The molecule has 4 rings (SSSR count). The van der Waals surface area contributed by atoms with Gasteiger partial charge in [-0.25, -0.2) is 4.98 Å². The lowest BCUT2D eigenvalue weighted by Crippen LogP contribution is -2.51. The number of hydrogen-bond donors (Lipinski definition) is 1. The topological polar surface area (TPSA) is 31.4 Å². The van der Waals surface area contributed by atoms with E-state index in [9.17, 15) is 0 Å². The molecule has 1 saturated heterocycles. The van der Waals surface area contributed by atoms with E-state index in [2.05, 4.69) is 57.4 Å². The smallest absolute Gasteiger partial charge is 0.125 e. The number of anilines is 2. The third-order valence-corrected chi connectivity index (χ3v) is 5.57. The van der Waals surface area contributed by atoms with Gasteiger partial charge in [-0.2, -0.15) is 0 Å². The summed E-state index contributed by atoms with van der Waals surface area (Å²) in [5.41, 5.74) is 4.39. The van der Waals surface area contributed by atoms with Crippen molar-refractivity contribution in [3.63, 3.8) is 0 Å². The number of nitrogens with one attached hydrogen (secondary N) is 1. The second-order valence-corrected chi connectivity index (χ2v) is 7.25. The second-order valence-electron chi connectivity index (χ2n) is 7.25. The van der Waals surface area contributed by atoms with Crippen molar-refractivity contribution < 1.29 is 0 Å². The molecule has 0 amide bonds. The Labute approximate surface area is 156 Å². The van der Waals surface area contributed by atoms with Gasteiger partial charge in [0.05, 0.1) is 0 Å². The van der Waals surface area contributed by atoms with Gasteiger partial charge in [0, 0.05) is 50.6 Å². The largest absolute Gasteiger partial charge is 0.369 e. The van der Waals surface area contributed by atoms with Gasteiger partial charge in [-0.1, -0.05) is 30.4 Å². The van der Waals surface area contributed by atoms with Crippen LogP contribution in [0.1, 0.15) is 24.5 Å². The molecule has 4 heteroatoms. The molecule has 0 saturated carbocycles. The molecule has 1 unspecified atom stereocenters. The molecule has 1 N–H and O–H groups in total. The third-order valence-electron chi connectivity index (χ3n) is 5.57. The average Bonchev–Trinajstić information content (AvgIpc) is 2.72. The van der Waals surface area contributed by atoms with Crippen LogP contribution in [0.25, 0.3) is 6.08 Å². The Kier molecular flexibility index (Phi) is 5.21. The van der Waals surface area contributed by atoms with E-state index in [1.165, 1.54) is 29.7 Å². The monoisotopic (exact) mass is 348 g/mol. The molecule has 0 spiro atoms. The Bertz CT molecular complexity index is 748. The summed E-state index contributed by atoms with van der Waals surface area (Å²) in [5, 5.41) is 3.45. The summed E-state index contributed by atoms with van der Waals surface area (Å²) in [6, 6.07) is 13.3. The average molecular weight is 348 g/mol. The zero-order chi connectivity index (χ0) is 17.8. The molecule has 26 heavy (non-hydrogen) atoms. The zero-order valence-electron chi connectivity index (χ0n) is 15.6. The molecule has 0 bridgehead atoms. The van der Waals surface area contributed by atoms with Gasteiger partial charge in [-0.05, 0) is 49.1 Å². The van der Waals surface area contributed by atoms with Gasteiger partial charge >= 0.3 is 0 Å². The number of allylic oxidation sites excluding steroid dienone is 1. The number of rotatable bonds is 5. The lowest BCUT2D eigenvalue weighted by atomic mass is 9.95. The van der Waals surface area contributed by atoms with Crippen molar-refractivity contribution >= 4 is 17.6 Å². The Morgan fingerprint density at radius 3 is 2.77 bits per heavy atom. The molecular weight excluding hydrogens is 320 g/mol. The Balaban J connectivity index is 1.34. The van der Waals surface area contributed by atoms with Gasteiger partial charge in [0.15, 0.2) is 0 Å². The molecule has 1 aromatic heterocycles. The van der Waals surface area contributed by atoms with E-state index in [0.29, 0.717) is 6.04 Å². The third kappa shape index (κ3) is 3.75. The molecule has 2 aromatic rings. The van der Waals surface area contributed by atoms with Crippen LogP contribution in [0.15, 0.2) is 48.7 Å². The van der Waals surface area contributed by atoms with Gasteiger partial charge in [-0.3, -0.25) is 4.90 Å². The van der Waals surface area contributed by atoms with E-state index in [1.807, 2.05) is 24.4 Å². The van der Waals surface area contributed by atoms with Gasteiger partial charge in [0.1, 0.15) is 5.82 Å². The maximum Gasteiger partial charge on any atom is 0.125 e.